The Morgan fingerprint density at radius 2 is 1.06 bits per heavy atom. The van der Waals surface area contributed by atoms with Gasteiger partial charge in [-0.15, -0.1) is 0 Å². The summed E-state index contributed by atoms with van der Waals surface area (Å²) in [6.07, 6.45) is 1.54. The van der Waals surface area contributed by atoms with Gasteiger partial charge in [-0.25, -0.2) is 0 Å². The molecule has 34 heavy (non-hydrogen) atoms. The molecule has 0 heterocycles. The van der Waals surface area contributed by atoms with E-state index in [1.54, 1.807) is 36.4 Å². The zero-order chi connectivity index (χ0) is 25.5. The third-order valence-electron chi connectivity index (χ3n) is 5.75. The number of benzene rings is 2. The summed E-state index contributed by atoms with van der Waals surface area (Å²) in [5.74, 6) is 1.08. The molecule has 0 bridgehead atoms. The summed E-state index contributed by atoms with van der Waals surface area (Å²) in [5.41, 5.74) is -1.60. The summed E-state index contributed by atoms with van der Waals surface area (Å²) in [5, 5.41) is 0. The van der Waals surface area contributed by atoms with Crippen molar-refractivity contribution in [2.75, 3.05) is 34.6 Å². The van der Waals surface area contributed by atoms with Crippen LogP contribution in [-0.2, 0) is 4.57 Å². The van der Waals surface area contributed by atoms with Crippen LogP contribution in [-0.4, -0.2) is 45.6 Å². The molecule has 0 aromatic heterocycles. The quantitative estimate of drug-likeness (QED) is 0.312. The van der Waals surface area contributed by atoms with E-state index in [1.807, 2.05) is 6.92 Å². The molecule has 0 aliphatic rings. The molecule has 0 saturated carbocycles. The standard InChI is InChI=1S/C26H35O7P/c1-17(2)14-15-18(3)16-34(29,25(27)23-19(30-4)10-8-11-20(23)31-5)26(28)24-21(32-6)12-9-13-22(24)33-7/h8-13,17-18H,14-16H2,1-7H3. The van der Waals surface area contributed by atoms with Gasteiger partial charge in [0.25, 0.3) is 0 Å². The van der Waals surface area contributed by atoms with Crippen LogP contribution >= 0.6 is 7.14 Å². The molecule has 0 N–H and O–H groups in total. The summed E-state index contributed by atoms with van der Waals surface area (Å²) < 4.78 is 36.1. The molecule has 0 spiro atoms. The molecule has 8 heteroatoms. The number of carbonyl (C=O) groups excluding carboxylic acids is 2. The highest BCUT2D eigenvalue weighted by atomic mass is 31.2. The Balaban J connectivity index is 2.72. The van der Waals surface area contributed by atoms with Gasteiger partial charge in [-0.2, -0.15) is 0 Å². The fourth-order valence-corrected chi connectivity index (χ4v) is 6.63. The third kappa shape index (κ3) is 5.82. The SMILES string of the molecule is COc1cccc(OC)c1C(=O)P(=O)(CC(C)CCC(C)C)C(=O)c1c(OC)cccc1OC. The van der Waals surface area contributed by atoms with Crippen LogP contribution in [0.1, 0.15) is 54.3 Å². The maximum Gasteiger partial charge on any atom is 0.236 e. The largest absolute Gasteiger partial charge is 0.496 e. The first-order valence-corrected chi connectivity index (χ1v) is 13.1. The van der Waals surface area contributed by atoms with E-state index in [0.717, 1.165) is 12.8 Å². The van der Waals surface area contributed by atoms with Crippen LogP contribution in [0.4, 0.5) is 0 Å². The molecule has 0 radical (unpaired) electrons. The van der Waals surface area contributed by atoms with Gasteiger partial charge < -0.3 is 23.5 Å². The first-order valence-electron chi connectivity index (χ1n) is 11.2. The van der Waals surface area contributed by atoms with Crippen LogP contribution in [0, 0.1) is 11.8 Å². The maximum absolute atomic E-state index is 14.6. The Hall–Kier alpha value is -2.79. The maximum atomic E-state index is 14.6. The van der Waals surface area contributed by atoms with Gasteiger partial charge >= 0.3 is 0 Å². The Labute approximate surface area is 202 Å². The monoisotopic (exact) mass is 490 g/mol. The average molecular weight is 491 g/mol. The molecule has 2 rings (SSSR count). The molecule has 0 saturated heterocycles. The second kappa shape index (κ2) is 12.1. The van der Waals surface area contributed by atoms with Crippen molar-refractivity contribution in [3.63, 3.8) is 0 Å². The zero-order valence-electron chi connectivity index (χ0n) is 21.0. The minimum atomic E-state index is -4.22. The molecule has 2 aromatic carbocycles. The summed E-state index contributed by atoms with van der Waals surface area (Å²) in [7, 11) is 1.42. The fourth-order valence-electron chi connectivity index (χ4n) is 3.89. The van der Waals surface area contributed by atoms with Crippen molar-refractivity contribution in [2.45, 2.75) is 33.6 Å². The number of hydrogen-bond donors (Lipinski definition) is 0. The lowest BCUT2D eigenvalue weighted by molar-refractivity contribution is 0.103. The molecule has 186 valence electrons. The van der Waals surface area contributed by atoms with Gasteiger partial charge in [0.15, 0.2) is 0 Å². The molecule has 1 unspecified atom stereocenters. The van der Waals surface area contributed by atoms with Gasteiger partial charge in [0, 0.05) is 6.16 Å². The predicted octanol–water partition coefficient (Wildman–Crippen LogP) is 6.14. The van der Waals surface area contributed by atoms with Crippen molar-refractivity contribution in [1.82, 2.24) is 0 Å². The normalized spacial score (nSPS) is 12.2. The molecule has 2 aromatic rings. The van der Waals surface area contributed by atoms with Crippen molar-refractivity contribution < 1.29 is 33.1 Å². The lowest BCUT2D eigenvalue weighted by atomic mass is 10.0. The van der Waals surface area contributed by atoms with E-state index in [0.29, 0.717) is 5.92 Å². The van der Waals surface area contributed by atoms with Gasteiger partial charge in [0.05, 0.1) is 28.4 Å². The fraction of sp³-hybridized carbons (Fsp3) is 0.462. The van der Waals surface area contributed by atoms with E-state index in [-0.39, 0.29) is 46.2 Å². The molecule has 0 amide bonds. The Bertz CT molecular complexity index is 945. The number of hydrogen-bond acceptors (Lipinski definition) is 7. The Morgan fingerprint density at radius 3 is 1.35 bits per heavy atom. The van der Waals surface area contributed by atoms with Crippen molar-refractivity contribution in [2.24, 2.45) is 11.8 Å². The van der Waals surface area contributed by atoms with E-state index < -0.39 is 18.2 Å². The lowest BCUT2D eigenvalue weighted by Gasteiger charge is -2.23. The van der Waals surface area contributed by atoms with Crippen molar-refractivity contribution in [3.8, 4) is 23.0 Å². The van der Waals surface area contributed by atoms with Crippen LogP contribution in [0.15, 0.2) is 36.4 Å². The Morgan fingerprint density at radius 1 is 0.706 bits per heavy atom. The Kier molecular flexibility index (Phi) is 9.75. The molecule has 0 aliphatic heterocycles. The summed E-state index contributed by atoms with van der Waals surface area (Å²) >= 11 is 0. The number of ether oxygens (including phenoxy) is 4. The minimum absolute atomic E-state index is 0.00546. The van der Waals surface area contributed by atoms with Gasteiger partial charge in [-0.1, -0.05) is 39.3 Å². The summed E-state index contributed by atoms with van der Waals surface area (Å²) in [4.78, 5) is 28.0. The molecular formula is C26H35O7P. The van der Waals surface area contributed by atoms with Crippen molar-refractivity contribution >= 4 is 18.2 Å². The number of carbonyl (C=O) groups is 2. The second-order valence-corrected chi connectivity index (χ2v) is 11.3. The summed E-state index contributed by atoms with van der Waals surface area (Å²) in [6, 6.07) is 9.64. The predicted molar refractivity (Wildman–Crippen MR) is 133 cm³/mol. The highest BCUT2D eigenvalue weighted by Gasteiger charge is 2.46. The first kappa shape index (κ1) is 27.5. The van der Waals surface area contributed by atoms with E-state index in [1.165, 1.54) is 28.4 Å². The smallest absolute Gasteiger partial charge is 0.236 e. The van der Waals surface area contributed by atoms with Crippen LogP contribution in [0.5, 0.6) is 23.0 Å². The van der Waals surface area contributed by atoms with Gasteiger partial charge in [-0.05, 0) is 42.5 Å². The zero-order valence-corrected chi connectivity index (χ0v) is 21.9. The highest BCUT2D eigenvalue weighted by Crippen LogP contribution is 2.57. The highest BCUT2D eigenvalue weighted by molar-refractivity contribution is 7.95. The average Bonchev–Trinajstić information content (AvgIpc) is 2.85. The van der Waals surface area contributed by atoms with Gasteiger partial charge in [0.1, 0.15) is 34.1 Å². The summed E-state index contributed by atoms with van der Waals surface area (Å²) in [6.45, 7) is 6.11. The number of rotatable bonds is 13. The molecule has 0 aliphatic carbocycles. The second-order valence-electron chi connectivity index (χ2n) is 8.68. The van der Waals surface area contributed by atoms with Crippen LogP contribution in [0.3, 0.4) is 0 Å². The van der Waals surface area contributed by atoms with Crippen molar-refractivity contribution in [3.05, 3.63) is 47.5 Å². The van der Waals surface area contributed by atoms with Crippen LogP contribution < -0.4 is 18.9 Å². The minimum Gasteiger partial charge on any atom is -0.496 e. The van der Waals surface area contributed by atoms with Crippen LogP contribution in [0.2, 0.25) is 0 Å². The van der Waals surface area contributed by atoms with E-state index in [9.17, 15) is 14.2 Å². The van der Waals surface area contributed by atoms with E-state index in [2.05, 4.69) is 13.8 Å². The molecular weight excluding hydrogens is 455 g/mol. The first-order chi connectivity index (χ1) is 16.1. The lowest BCUT2D eigenvalue weighted by Crippen LogP contribution is -2.19. The topological polar surface area (TPSA) is 88.1 Å². The number of methoxy groups -OCH3 is 4. The van der Waals surface area contributed by atoms with Crippen LogP contribution in [0.25, 0.3) is 0 Å². The molecule has 0 fully saturated rings. The molecule has 1 atom stereocenters. The van der Waals surface area contributed by atoms with Gasteiger partial charge in [0.2, 0.25) is 18.2 Å². The van der Waals surface area contributed by atoms with Gasteiger partial charge in [-0.3, -0.25) is 9.59 Å². The van der Waals surface area contributed by atoms with E-state index in [4.69, 9.17) is 18.9 Å². The third-order valence-corrected chi connectivity index (χ3v) is 8.64. The van der Waals surface area contributed by atoms with E-state index >= 15 is 0 Å². The molecule has 7 nitrogen and oxygen atoms in total. The van der Waals surface area contributed by atoms with Crippen molar-refractivity contribution in [1.29, 1.82) is 0 Å².